The number of fused-ring (bicyclic) bond motifs is 1. The normalized spacial score (nSPS) is 16.2. The highest BCUT2D eigenvalue weighted by Crippen LogP contribution is 2.30. The number of carbonyl (C=O) groups excluding carboxylic acids is 1. The van der Waals surface area contributed by atoms with Crippen molar-refractivity contribution in [3.05, 3.63) is 18.2 Å². The molecule has 106 valence electrons. The van der Waals surface area contributed by atoms with Crippen LogP contribution in [0.5, 0.6) is 5.75 Å². The molecule has 0 spiro atoms. The fourth-order valence-corrected chi connectivity index (χ4v) is 3.51. The standard InChI is InChI=1S/C15H18N2O2S/c1-19-11-7-8-13-12(9-11)16-15(20-13)17-14(18)10-5-3-2-4-6-10/h7-10H,2-6H2,1H3,(H,16,17,18). The van der Waals surface area contributed by atoms with E-state index in [1.165, 1.54) is 17.8 Å². The van der Waals surface area contributed by atoms with Gasteiger partial charge in [0.25, 0.3) is 0 Å². The van der Waals surface area contributed by atoms with Crippen molar-refractivity contribution in [2.75, 3.05) is 12.4 Å². The van der Waals surface area contributed by atoms with Gasteiger partial charge >= 0.3 is 0 Å². The summed E-state index contributed by atoms with van der Waals surface area (Å²) in [6.07, 6.45) is 5.59. The van der Waals surface area contributed by atoms with Crippen LogP contribution in [0, 0.1) is 5.92 Å². The minimum absolute atomic E-state index is 0.121. The van der Waals surface area contributed by atoms with Gasteiger partial charge in [-0.25, -0.2) is 4.98 Å². The Morgan fingerprint density at radius 1 is 1.35 bits per heavy atom. The minimum atomic E-state index is 0.121. The second-order valence-electron chi connectivity index (χ2n) is 5.18. The van der Waals surface area contributed by atoms with Gasteiger partial charge in [0.2, 0.25) is 5.91 Å². The first-order valence-electron chi connectivity index (χ1n) is 7.02. The third-order valence-electron chi connectivity index (χ3n) is 3.80. The maximum absolute atomic E-state index is 12.2. The Balaban J connectivity index is 1.75. The zero-order valence-corrected chi connectivity index (χ0v) is 12.3. The number of amides is 1. The lowest BCUT2D eigenvalue weighted by Crippen LogP contribution is -2.24. The number of nitrogens with zero attached hydrogens (tertiary/aromatic N) is 1. The molecule has 0 atom stereocenters. The van der Waals surface area contributed by atoms with E-state index in [2.05, 4.69) is 10.3 Å². The van der Waals surface area contributed by atoms with Gasteiger partial charge in [0.15, 0.2) is 5.13 Å². The average molecular weight is 290 g/mol. The number of hydrogen-bond donors (Lipinski definition) is 1. The Labute approximate surface area is 122 Å². The SMILES string of the molecule is COc1ccc2sc(NC(=O)C3CCCCC3)nc2c1. The van der Waals surface area contributed by atoms with Gasteiger partial charge in [-0.05, 0) is 25.0 Å². The number of rotatable bonds is 3. The van der Waals surface area contributed by atoms with Gasteiger partial charge in [-0.15, -0.1) is 0 Å². The molecule has 2 aromatic rings. The summed E-state index contributed by atoms with van der Waals surface area (Å²) in [5.74, 6) is 1.06. The number of nitrogens with one attached hydrogen (secondary N) is 1. The molecule has 1 heterocycles. The summed E-state index contributed by atoms with van der Waals surface area (Å²) in [6, 6.07) is 5.78. The van der Waals surface area contributed by atoms with Gasteiger partial charge in [-0.3, -0.25) is 4.79 Å². The molecule has 1 aliphatic carbocycles. The van der Waals surface area contributed by atoms with Gasteiger partial charge in [0.05, 0.1) is 17.3 Å². The predicted molar refractivity (Wildman–Crippen MR) is 81.4 cm³/mol. The van der Waals surface area contributed by atoms with Gasteiger partial charge in [-0.2, -0.15) is 0 Å². The fraction of sp³-hybridized carbons (Fsp3) is 0.467. The number of hydrogen-bond acceptors (Lipinski definition) is 4. The molecule has 20 heavy (non-hydrogen) atoms. The molecule has 1 aromatic carbocycles. The molecular weight excluding hydrogens is 272 g/mol. The van der Waals surface area contributed by atoms with Crippen LogP contribution in [0.1, 0.15) is 32.1 Å². The molecule has 1 aromatic heterocycles. The minimum Gasteiger partial charge on any atom is -0.497 e. The van der Waals surface area contributed by atoms with Crippen LogP contribution in [-0.4, -0.2) is 18.0 Å². The average Bonchev–Trinajstić information content (AvgIpc) is 2.89. The number of aromatic nitrogens is 1. The van der Waals surface area contributed by atoms with Crippen molar-refractivity contribution in [2.45, 2.75) is 32.1 Å². The van der Waals surface area contributed by atoms with E-state index in [1.807, 2.05) is 18.2 Å². The molecule has 1 aliphatic rings. The van der Waals surface area contributed by atoms with Gasteiger partial charge in [0.1, 0.15) is 5.75 Å². The molecular formula is C15H18N2O2S. The summed E-state index contributed by atoms with van der Waals surface area (Å²) < 4.78 is 6.25. The van der Waals surface area contributed by atoms with E-state index in [0.29, 0.717) is 5.13 Å². The summed E-state index contributed by atoms with van der Waals surface area (Å²) in [4.78, 5) is 16.7. The first-order valence-corrected chi connectivity index (χ1v) is 7.83. The third-order valence-corrected chi connectivity index (χ3v) is 4.75. The van der Waals surface area contributed by atoms with Crippen molar-refractivity contribution < 1.29 is 9.53 Å². The number of carbonyl (C=O) groups is 1. The number of ether oxygens (including phenoxy) is 1. The largest absolute Gasteiger partial charge is 0.497 e. The van der Waals surface area contributed by atoms with E-state index in [9.17, 15) is 4.79 Å². The summed E-state index contributed by atoms with van der Waals surface area (Å²) in [5.41, 5.74) is 0.869. The van der Waals surface area contributed by atoms with E-state index >= 15 is 0 Å². The molecule has 1 fully saturated rings. The van der Waals surface area contributed by atoms with Crippen LogP contribution >= 0.6 is 11.3 Å². The first kappa shape index (κ1) is 13.4. The van der Waals surface area contributed by atoms with Gasteiger partial charge in [-0.1, -0.05) is 30.6 Å². The van der Waals surface area contributed by atoms with Crippen LogP contribution in [0.2, 0.25) is 0 Å². The molecule has 0 saturated heterocycles. The van der Waals surface area contributed by atoms with Crippen molar-refractivity contribution in [3.63, 3.8) is 0 Å². The Morgan fingerprint density at radius 3 is 2.90 bits per heavy atom. The number of methoxy groups -OCH3 is 1. The molecule has 1 amide bonds. The summed E-state index contributed by atoms with van der Waals surface area (Å²) >= 11 is 1.51. The summed E-state index contributed by atoms with van der Waals surface area (Å²) in [6.45, 7) is 0. The predicted octanol–water partition coefficient (Wildman–Crippen LogP) is 3.82. The van der Waals surface area contributed by atoms with Gasteiger partial charge < -0.3 is 10.1 Å². The molecule has 4 nitrogen and oxygen atoms in total. The van der Waals surface area contributed by atoms with Gasteiger partial charge in [0, 0.05) is 12.0 Å². The fourth-order valence-electron chi connectivity index (χ4n) is 2.66. The van der Waals surface area contributed by atoms with Crippen LogP contribution in [0.15, 0.2) is 18.2 Å². The van der Waals surface area contributed by atoms with E-state index in [1.54, 1.807) is 7.11 Å². The lowest BCUT2D eigenvalue weighted by molar-refractivity contribution is -0.120. The molecule has 3 rings (SSSR count). The van der Waals surface area contributed by atoms with Crippen molar-refractivity contribution in [2.24, 2.45) is 5.92 Å². The van der Waals surface area contributed by atoms with E-state index in [4.69, 9.17) is 4.74 Å². The zero-order valence-electron chi connectivity index (χ0n) is 11.5. The highest BCUT2D eigenvalue weighted by Gasteiger charge is 2.21. The Hall–Kier alpha value is -1.62. The molecule has 0 radical (unpaired) electrons. The Morgan fingerprint density at radius 2 is 2.15 bits per heavy atom. The van der Waals surface area contributed by atoms with Crippen LogP contribution in [0.4, 0.5) is 5.13 Å². The maximum Gasteiger partial charge on any atom is 0.229 e. The first-order chi connectivity index (χ1) is 9.76. The van der Waals surface area contributed by atoms with Crippen molar-refractivity contribution >= 4 is 32.6 Å². The Bertz CT molecular complexity index is 617. The lowest BCUT2D eigenvalue weighted by atomic mass is 9.89. The molecule has 5 heteroatoms. The number of anilines is 1. The van der Waals surface area contributed by atoms with Crippen LogP contribution in [-0.2, 0) is 4.79 Å². The van der Waals surface area contributed by atoms with Crippen LogP contribution in [0.25, 0.3) is 10.2 Å². The topological polar surface area (TPSA) is 51.2 Å². The second-order valence-corrected chi connectivity index (χ2v) is 6.21. The van der Waals surface area contributed by atoms with Crippen LogP contribution < -0.4 is 10.1 Å². The molecule has 1 saturated carbocycles. The molecule has 0 unspecified atom stereocenters. The highest BCUT2D eigenvalue weighted by atomic mass is 32.1. The third kappa shape index (κ3) is 2.77. The van der Waals surface area contributed by atoms with E-state index < -0.39 is 0 Å². The van der Waals surface area contributed by atoms with Crippen molar-refractivity contribution in [1.82, 2.24) is 4.98 Å². The Kier molecular flexibility index (Phi) is 3.87. The van der Waals surface area contributed by atoms with Crippen molar-refractivity contribution in [3.8, 4) is 5.75 Å². The molecule has 0 aliphatic heterocycles. The quantitative estimate of drug-likeness (QED) is 0.934. The molecule has 1 N–H and O–H groups in total. The monoisotopic (exact) mass is 290 g/mol. The number of benzene rings is 1. The summed E-state index contributed by atoms with van der Waals surface area (Å²) in [5, 5.41) is 3.65. The maximum atomic E-state index is 12.2. The number of thiazole rings is 1. The zero-order chi connectivity index (χ0) is 13.9. The highest BCUT2D eigenvalue weighted by molar-refractivity contribution is 7.22. The lowest BCUT2D eigenvalue weighted by Gasteiger charge is -2.19. The van der Waals surface area contributed by atoms with Crippen molar-refractivity contribution in [1.29, 1.82) is 0 Å². The van der Waals surface area contributed by atoms with E-state index in [-0.39, 0.29) is 11.8 Å². The smallest absolute Gasteiger partial charge is 0.229 e. The molecule has 0 bridgehead atoms. The second kappa shape index (κ2) is 5.79. The van der Waals surface area contributed by atoms with Crippen LogP contribution in [0.3, 0.4) is 0 Å². The van der Waals surface area contributed by atoms with E-state index in [0.717, 1.165) is 41.6 Å². The summed E-state index contributed by atoms with van der Waals surface area (Å²) in [7, 11) is 1.64.